The van der Waals surface area contributed by atoms with Crippen LogP contribution >= 0.6 is 0 Å². The number of ether oxygens (including phenoxy) is 2. The fraction of sp³-hybridized carbons (Fsp3) is 0.389. The monoisotopic (exact) mass is 693 g/mol. The molecule has 0 atom stereocenters. The van der Waals surface area contributed by atoms with Gasteiger partial charge in [-0.3, -0.25) is 0 Å². The van der Waals surface area contributed by atoms with Gasteiger partial charge in [0, 0.05) is 48.5 Å². The van der Waals surface area contributed by atoms with Crippen LogP contribution in [0.1, 0.15) is 65.7 Å². The number of carbonyl (C=O) groups is 1. The average molecular weight is 694 g/mol. The maximum Gasteiger partial charge on any atom is 0.416 e. The maximum absolute atomic E-state index is 15.0. The van der Waals surface area contributed by atoms with Crippen molar-refractivity contribution in [3.63, 3.8) is 0 Å². The van der Waals surface area contributed by atoms with Crippen molar-refractivity contribution in [2.75, 3.05) is 25.1 Å². The van der Waals surface area contributed by atoms with Gasteiger partial charge in [0.1, 0.15) is 18.1 Å². The third-order valence-electron chi connectivity index (χ3n) is 10.1. The van der Waals surface area contributed by atoms with Crippen LogP contribution in [0.25, 0.3) is 16.6 Å². The summed E-state index contributed by atoms with van der Waals surface area (Å²) in [6.07, 6.45) is 1.36. The second-order valence-electron chi connectivity index (χ2n) is 13.5. The van der Waals surface area contributed by atoms with Crippen LogP contribution in [0.15, 0.2) is 48.5 Å². The molecule has 3 heterocycles. The topological polar surface area (TPSA) is 114 Å². The lowest BCUT2D eigenvalue weighted by Crippen LogP contribution is -2.57. The molecule has 3 aliphatic rings. The Labute approximate surface area is 283 Å². The van der Waals surface area contributed by atoms with E-state index >= 15 is 4.39 Å². The van der Waals surface area contributed by atoms with Crippen molar-refractivity contribution in [1.82, 2.24) is 14.5 Å². The zero-order valence-corrected chi connectivity index (χ0v) is 27.0. The second-order valence-corrected chi connectivity index (χ2v) is 13.5. The number of carboxylic acid groups (broad SMARTS) is 1. The molecule has 2 fully saturated rings. The van der Waals surface area contributed by atoms with Crippen LogP contribution in [-0.4, -0.2) is 45.8 Å². The number of aromatic nitrogens is 3. The van der Waals surface area contributed by atoms with Crippen LogP contribution in [-0.2, 0) is 19.3 Å². The number of halogens is 5. The third-order valence-corrected chi connectivity index (χ3v) is 10.1. The molecular weight excluding hydrogens is 661 g/mol. The summed E-state index contributed by atoms with van der Waals surface area (Å²) in [6, 6.07) is 10.7. The number of nitrogens with zero attached hydrogens (tertiary/aromatic N) is 5. The summed E-state index contributed by atoms with van der Waals surface area (Å²) < 4.78 is 81.8. The molecule has 9 nitrogen and oxygen atoms in total. The molecule has 1 spiro atoms. The zero-order valence-electron chi connectivity index (χ0n) is 27.0. The van der Waals surface area contributed by atoms with Crippen LogP contribution in [0.3, 0.4) is 0 Å². The van der Waals surface area contributed by atoms with Crippen LogP contribution in [0, 0.1) is 33.8 Å². The molecule has 7 rings (SSSR count). The Morgan fingerprint density at radius 1 is 1.06 bits per heavy atom. The third kappa shape index (κ3) is 6.21. The Bertz CT molecular complexity index is 2080. The highest BCUT2D eigenvalue weighted by molar-refractivity contribution is 5.93. The Kier molecular flexibility index (Phi) is 8.19. The number of aromatic carboxylic acids is 1. The summed E-state index contributed by atoms with van der Waals surface area (Å²) in [5.74, 6) is -2.76. The van der Waals surface area contributed by atoms with E-state index in [4.69, 9.17) is 14.5 Å². The second kappa shape index (κ2) is 12.3. The lowest BCUT2D eigenvalue weighted by Gasteiger charge is -2.52. The first-order chi connectivity index (χ1) is 23.8. The molecule has 4 aromatic rings. The molecule has 2 aromatic carbocycles. The average Bonchev–Trinajstić information content (AvgIpc) is 3.74. The molecule has 0 bridgehead atoms. The highest BCUT2D eigenvalue weighted by Gasteiger charge is 2.47. The van der Waals surface area contributed by atoms with E-state index in [9.17, 15) is 32.7 Å². The van der Waals surface area contributed by atoms with Gasteiger partial charge in [0.05, 0.1) is 35.3 Å². The number of anilines is 1. The number of hydrogen-bond acceptors (Lipinski definition) is 7. The summed E-state index contributed by atoms with van der Waals surface area (Å²) >= 11 is 0. The molecule has 1 aliphatic heterocycles. The first-order valence-electron chi connectivity index (χ1n) is 16.1. The van der Waals surface area contributed by atoms with Crippen molar-refractivity contribution >= 4 is 28.5 Å². The van der Waals surface area contributed by atoms with Crippen LogP contribution in [0.2, 0.25) is 0 Å². The Morgan fingerprint density at radius 3 is 2.48 bits per heavy atom. The van der Waals surface area contributed by atoms with Crippen LogP contribution in [0.5, 0.6) is 11.6 Å². The molecule has 14 heteroatoms. The summed E-state index contributed by atoms with van der Waals surface area (Å²) in [5.41, 5.74) is 1.17. The molecule has 2 aromatic heterocycles. The minimum Gasteiger partial charge on any atom is -0.496 e. The minimum absolute atomic E-state index is 0.0462. The van der Waals surface area contributed by atoms with Gasteiger partial charge in [-0.15, -0.1) is 0 Å². The normalized spacial score (nSPS) is 17.6. The Hall–Kier alpha value is -5.19. The predicted octanol–water partition coefficient (Wildman–Crippen LogP) is 7.78. The lowest BCUT2D eigenvalue weighted by atomic mass is 9.69. The SMILES string of the molecule is COc1cc(C(F)(F)F)ccc1COc1nc(C2=CCC3(CC2)CN(c2nc4ccc(C(=O)O)cc4n2CC2(CC#N)CC2)C3)c(F)cc1F. The number of fused-ring (bicyclic) bond motifs is 1. The van der Waals surface area contributed by atoms with Gasteiger partial charge in [-0.2, -0.15) is 18.4 Å². The Morgan fingerprint density at radius 2 is 1.84 bits per heavy atom. The maximum atomic E-state index is 15.0. The first-order valence-corrected chi connectivity index (χ1v) is 16.1. The number of nitriles is 1. The van der Waals surface area contributed by atoms with Crippen molar-refractivity contribution in [3.8, 4) is 17.7 Å². The van der Waals surface area contributed by atoms with Crippen molar-refractivity contribution in [1.29, 1.82) is 5.26 Å². The molecule has 2 aliphatic carbocycles. The van der Waals surface area contributed by atoms with Gasteiger partial charge in [0.15, 0.2) is 11.6 Å². The van der Waals surface area contributed by atoms with Crippen molar-refractivity contribution in [3.05, 3.63) is 82.6 Å². The first kappa shape index (κ1) is 33.3. The molecule has 1 N–H and O–H groups in total. The molecule has 0 radical (unpaired) electrons. The zero-order chi connectivity index (χ0) is 35.4. The molecular formula is C36H32F5N5O4. The summed E-state index contributed by atoms with van der Waals surface area (Å²) in [4.78, 5) is 22.9. The highest BCUT2D eigenvalue weighted by Crippen LogP contribution is 2.52. The summed E-state index contributed by atoms with van der Waals surface area (Å²) in [7, 11) is 1.21. The van der Waals surface area contributed by atoms with Gasteiger partial charge in [-0.05, 0) is 68.0 Å². The van der Waals surface area contributed by atoms with E-state index in [0.29, 0.717) is 68.0 Å². The van der Waals surface area contributed by atoms with Gasteiger partial charge in [0.2, 0.25) is 5.95 Å². The van der Waals surface area contributed by atoms with E-state index in [1.165, 1.54) is 19.2 Å². The largest absolute Gasteiger partial charge is 0.496 e. The van der Waals surface area contributed by atoms with E-state index in [1.54, 1.807) is 12.1 Å². The van der Waals surface area contributed by atoms with Crippen molar-refractivity contribution < 1.29 is 41.3 Å². The van der Waals surface area contributed by atoms with E-state index < -0.39 is 35.2 Å². The smallest absolute Gasteiger partial charge is 0.416 e. The number of pyridine rings is 1. The van der Waals surface area contributed by atoms with E-state index in [1.807, 2.05) is 10.6 Å². The van der Waals surface area contributed by atoms with Crippen molar-refractivity contribution in [2.45, 2.75) is 57.9 Å². The van der Waals surface area contributed by atoms with Gasteiger partial charge < -0.3 is 24.0 Å². The number of allylic oxidation sites excluding steroid dienone is 2. The van der Waals surface area contributed by atoms with Crippen LogP contribution in [0.4, 0.5) is 27.9 Å². The fourth-order valence-corrected chi connectivity index (χ4v) is 7.02. The van der Waals surface area contributed by atoms with Gasteiger partial charge in [-0.25, -0.2) is 23.5 Å². The molecule has 1 saturated heterocycles. The van der Waals surface area contributed by atoms with E-state index in [0.717, 1.165) is 30.9 Å². The number of rotatable bonds is 10. The molecule has 1 saturated carbocycles. The fourth-order valence-electron chi connectivity index (χ4n) is 7.02. The number of alkyl halides is 3. The number of imidazole rings is 1. The van der Waals surface area contributed by atoms with Crippen molar-refractivity contribution in [2.24, 2.45) is 10.8 Å². The number of benzene rings is 2. The number of hydrogen-bond donors (Lipinski definition) is 1. The Balaban J connectivity index is 1.07. The summed E-state index contributed by atoms with van der Waals surface area (Å²) in [6.45, 7) is 1.54. The number of methoxy groups -OCH3 is 1. The molecule has 260 valence electrons. The standard InChI is InChI=1S/C36H32F5N5O4/c1-49-29-15-24(36(39,40)41)4-2-23(29)17-50-31-26(38)16-25(37)30(44-31)21-6-8-35(9-7-21)18-45(19-35)33-43-27-5-3-22(32(47)48)14-28(27)46(33)20-34(10-11-34)12-13-42/h2-6,14-16H,7-12,17-20H2,1H3,(H,47,48). The lowest BCUT2D eigenvalue weighted by molar-refractivity contribution is -0.137. The van der Waals surface area contributed by atoms with E-state index in [2.05, 4.69) is 16.0 Å². The molecule has 0 amide bonds. The van der Waals surface area contributed by atoms with Gasteiger partial charge in [-0.1, -0.05) is 12.1 Å². The van der Waals surface area contributed by atoms with Crippen LogP contribution < -0.4 is 14.4 Å². The van der Waals surface area contributed by atoms with Gasteiger partial charge >= 0.3 is 12.1 Å². The molecule has 50 heavy (non-hydrogen) atoms. The molecule has 0 unspecified atom stereocenters. The predicted molar refractivity (Wildman–Crippen MR) is 172 cm³/mol. The summed E-state index contributed by atoms with van der Waals surface area (Å²) in [5, 5.41) is 19.0. The highest BCUT2D eigenvalue weighted by atomic mass is 19.4. The van der Waals surface area contributed by atoms with E-state index in [-0.39, 0.29) is 40.0 Å². The minimum atomic E-state index is -4.57. The quantitative estimate of drug-likeness (QED) is 0.168. The van der Waals surface area contributed by atoms with Gasteiger partial charge in [0.25, 0.3) is 5.88 Å². The number of carboxylic acids is 1.